The zero-order valence-corrected chi connectivity index (χ0v) is 19.1. The fraction of sp³-hybridized carbons (Fsp3) is 0.269. The molecule has 0 atom stereocenters. The van der Waals surface area contributed by atoms with Crippen molar-refractivity contribution >= 4 is 23.2 Å². The number of ether oxygens (including phenoxy) is 1. The van der Waals surface area contributed by atoms with Gasteiger partial charge in [0.2, 0.25) is 0 Å². The van der Waals surface area contributed by atoms with Crippen molar-refractivity contribution in [3.8, 4) is 5.75 Å². The second-order valence-corrected chi connectivity index (χ2v) is 8.76. The Kier molecular flexibility index (Phi) is 5.74. The maximum absolute atomic E-state index is 13.8. The lowest BCUT2D eigenvalue weighted by molar-refractivity contribution is 0.0266. The zero-order valence-electron chi connectivity index (χ0n) is 18.3. The molecule has 1 aliphatic carbocycles. The molecule has 7 heteroatoms. The summed E-state index contributed by atoms with van der Waals surface area (Å²) in [7, 11) is 1.66. The minimum Gasteiger partial charge on any atom is -0.497 e. The monoisotopic (exact) mass is 461 g/mol. The Balaban J connectivity index is 1.45. The van der Waals surface area contributed by atoms with Gasteiger partial charge < -0.3 is 4.74 Å². The van der Waals surface area contributed by atoms with E-state index >= 15 is 0 Å². The number of carbonyl (C=O) groups is 2. The van der Waals surface area contributed by atoms with E-state index in [2.05, 4.69) is 16.0 Å². The van der Waals surface area contributed by atoms with Gasteiger partial charge >= 0.3 is 0 Å². The van der Waals surface area contributed by atoms with Crippen LogP contribution in [0.4, 0.5) is 0 Å². The molecule has 1 aromatic heterocycles. The Morgan fingerprint density at radius 2 is 1.58 bits per heavy atom. The Bertz CT molecular complexity index is 1190. The van der Waals surface area contributed by atoms with Gasteiger partial charge in [-0.05, 0) is 29.8 Å². The molecule has 2 aromatic carbocycles. The third-order valence-corrected chi connectivity index (χ3v) is 6.76. The molecule has 2 aliphatic rings. The van der Waals surface area contributed by atoms with Crippen LogP contribution >= 0.6 is 11.6 Å². The van der Waals surface area contributed by atoms with Crippen LogP contribution in [0, 0.1) is 0 Å². The summed E-state index contributed by atoms with van der Waals surface area (Å²) in [6, 6.07) is 20.2. The van der Waals surface area contributed by atoms with Crippen molar-refractivity contribution in [1.82, 2.24) is 14.8 Å². The van der Waals surface area contributed by atoms with Gasteiger partial charge in [0.05, 0.1) is 12.8 Å². The molecule has 0 unspecified atom stereocenters. The molecular formula is C26H24ClN3O3. The maximum atomic E-state index is 13.8. The Morgan fingerprint density at radius 1 is 0.909 bits per heavy atom. The smallest absolute Gasteiger partial charge is 0.198 e. The van der Waals surface area contributed by atoms with E-state index in [0.717, 1.165) is 30.9 Å². The van der Waals surface area contributed by atoms with Crippen LogP contribution in [0.2, 0.25) is 5.15 Å². The van der Waals surface area contributed by atoms with Crippen LogP contribution in [0.3, 0.4) is 0 Å². The van der Waals surface area contributed by atoms with Crippen molar-refractivity contribution < 1.29 is 14.3 Å². The lowest BCUT2D eigenvalue weighted by atomic mass is 9.85. The molecule has 0 N–H and O–H groups in total. The van der Waals surface area contributed by atoms with Gasteiger partial charge in [0.25, 0.3) is 0 Å². The SMILES string of the molecule is COc1cccc(CN2CCN(C3(c4cccc(Cl)n4)C(=O)c4ccccc4C3=O)CC2)c1. The van der Waals surface area contributed by atoms with Crippen LogP contribution in [0.25, 0.3) is 0 Å². The molecule has 1 aliphatic heterocycles. The highest BCUT2D eigenvalue weighted by Crippen LogP contribution is 2.42. The standard InChI is InChI=1S/C26H24ClN3O3/c1-33-19-7-4-6-18(16-19)17-29-12-14-30(15-13-29)26(22-10-5-11-23(27)28-22)24(31)20-8-2-3-9-21(20)25(26)32/h2-11,16H,12-15,17H2,1H3. The van der Waals surface area contributed by atoms with E-state index in [1.165, 1.54) is 0 Å². The summed E-state index contributed by atoms with van der Waals surface area (Å²) in [6.45, 7) is 3.33. The van der Waals surface area contributed by atoms with E-state index in [1.807, 2.05) is 23.1 Å². The van der Waals surface area contributed by atoms with Crippen molar-refractivity contribution in [2.24, 2.45) is 0 Å². The predicted octanol–water partition coefficient (Wildman–Crippen LogP) is 3.84. The highest BCUT2D eigenvalue weighted by molar-refractivity contribution is 6.33. The molecule has 1 saturated heterocycles. The number of hydrogen-bond donors (Lipinski definition) is 0. The first kappa shape index (κ1) is 21.8. The molecule has 0 radical (unpaired) electrons. The number of aromatic nitrogens is 1. The van der Waals surface area contributed by atoms with Crippen molar-refractivity contribution in [2.45, 2.75) is 12.1 Å². The van der Waals surface area contributed by atoms with Crippen LogP contribution in [0.5, 0.6) is 5.75 Å². The molecule has 3 aromatic rings. The Hall–Kier alpha value is -3.06. The number of piperazine rings is 1. The van der Waals surface area contributed by atoms with Crippen LogP contribution < -0.4 is 4.74 Å². The van der Waals surface area contributed by atoms with Crippen molar-refractivity contribution in [2.75, 3.05) is 33.3 Å². The van der Waals surface area contributed by atoms with Crippen LogP contribution in [0.1, 0.15) is 32.0 Å². The van der Waals surface area contributed by atoms with Gasteiger partial charge in [-0.2, -0.15) is 0 Å². The number of fused-ring (bicyclic) bond motifs is 1. The molecule has 1 fully saturated rings. The molecule has 168 valence electrons. The second kappa shape index (κ2) is 8.71. The number of benzene rings is 2. The van der Waals surface area contributed by atoms with Crippen molar-refractivity contribution in [3.05, 3.63) is 94.3 Å². The van der Waals surface area contributed by atoms with Gasteiger partial charge in [-0.25, -0.2) is 4.98 Å². The Morgan fingerprint density at radius 3 is 2.21 bits per heavy atom. The lowest BCUT2D eigenvalue weighted by Gasteiger charge is -2.43. The molecule has 0 saturated carbocycles. The minimum absolute atomic E-state index is 0.223. The summed E-state index contributed by atoms with van der Waals surface area (Å²) in [5.41, 5.74) is 0.972. The lowest BCUT2D eigenvalue weighted by Crippen LogP contribution is -2.60. The number of pyridine rings is 1. The molecular weight excluding hydrogens is 438 g/mol. The fourth-order valence-electron chi connectivity index (χ4n) is 4.93. The quantitative estimate of drug-likeness (QED) is 0.425. The summed E-state index contributed by atoms with van der Waals surface area (Å²) in [5.74, 6) is 0.384. The highest BCUT2D eigenvalue weighted by Gasteiger charge is 2.59. The van der Waals surface area contributed by atoms with Gasteiger partial charge in [-0.1, -0.05) is 54.1 Å². The van der Waals surface area contributed by atoms with E-state index in [0.29, 0.717) is 29.9 Å². The van der Waals surface area contributed by atoms with Gasteiger partial charge in [0, 0.05) is 43.9 Å². The van der Waals surface area contributed by atoms with Crippen molar-refractivity contribution in [1.29, 1.82) is 0 Å². The Labute approximate surface area is 197 Å². The molecule has 2 heterocycles. The van der Waals surface area contributed by atoms with Gasteiger partial charge in [-0.15, -0.1) is 0 Å². The first-order valence-corrected chi connectivity index (χ1v) is 11.3. The average Bonchev–Trinajstić information content (AvgIpc) is 3.07. The molecule has 0 amide bonds. The first-order valence-electron chi connectivity index (χ1n) is 11.0. The zero-order chi connectivity index (χ0) is 23.0. The molecule has 0 bridgehead atoms. The van der Waals surface area contributed by atoms with Gasteiger partial charge in [0.1, 0.15) is 10.9 Å². The summed E-state index contributed by atoms with van der Waals surface area (Å²) >= 11 is 6.20. The summed E-state index contributed by atoms with van der Waals surface area (Å²) in [5, 5.41) is 0.264. The van der Waals surface area contributed by atoms with Crippen LogP contribution in [-0.4, -0.2) is 59.6 Å². The number of carbonyl (C=O) groups excluding carboxylic acids is 2. The largest absolute Gasteiger partial charge is 0.497 e. The number of rotatable bonds is 5. The predicted molar refractivity (Wildman–Crippen MR) is 126 cm³/mol. The fourth-order valence-corrected chi connectivity index (χ4v) is 5.10. The third-order valence-electron chi connectivity index (χ3n) is 6.55. The summed E-state index contributed by atoms with van der Waals surface area (Å²) < 4.78 is 5.34. The number of methoxy groups -OCH3 is 1. The van der Waals surface area contributed by atoms with E-state index in [-0.39, 0.29) is 16.7 Å². The number of ketones is 2. The van der Waals surface area contributed by atoms with Crippen LogP contribution in [-0.2, 0) is 12.1 Å². The van der Waals surface area contributed by atoms with Crippen LogP contribution in [0.15, 0.2) is 66.7 Å². The van der Waals surface area contributed by atoms with Gasteiger partial charge in [-0.3, -0.25) is 19.4 Å². The third kappa shape index (κ3) is 3.64. The molecule has 6 nitrogen and oxygen atoms in total. The van der Waals surface area contributed by atoms with Gasteiger partial charge in [0.15, 0.2) is 17.1 Å². The van der Waals surface area contributed by atoms with E-state index < -0.39 is 5.54 Å². The molecule has 33 heavy (non-hydrogen) atoms. The van der Waals surface area contributed by atoms with E-state index in [4.69, 9.17) is 16.3 Å². The number of hydrogen-bond acceptors (Lipinski definition) is 6. The molecule has 5 rings (SSSR count). The highest BCUT2D eigenvalue weighted by atomic mass is 35.5. The number of halogens is 1. The summed E-state index contributed by atoms with van der Waals surface area (Å²) in [6.07, 6.45) is 0. The summed E-state index contributed by atoms with van der Waals surface area (Å²) in [4.78, 5) is 36.4. The van der Waals surface area contributed by atoms with E-state index in [1.54, 1.807) is 49.6 Å². The minimum atomic E-state index is -1.48. The average molecular weight is 462 g/mol. The maximum Gasteiger partial charge on any atom is 0.198 e. The van der Waals surface area contributed by atoms with E-state index in [9.17, 15) is 9.59 Å². The molecule has 0 spiro atoms. The second-order valence-electron chi connectivity index (χ2n) is 8.37. The van der Waals surface area contributed by atoms with Crippen molar-refractivity contribution in [3.63, 3.8) is 0 Å². The topological polar surface area (TPSA) is 62.7 Å². The normalized spacial score (nSPS) is 18.4. The number of Topliss-reactive ketones (excluding diaryl/α,β-unsaturated/α-hetero) is 2. The first-order chi connectivity index (χ1) is 16.0. The number of nitrogens with zero attached hydrogens (tertiary/aromatic N) is 3.